The van der Waals surface area contributed by atoms with Crippen molar-refractivity contribution in [3.63, 3.8) is 0 Å². The van der Waals surface area contributed by atoms with Crippen molar-refractivity contribution in [1.82, 2.24) is 0 Å². The molecule has 0 fully saturated rings. The van der Waals surface area contributed by atoms with Crippen molar-refractivity contribution in [2.75, 3.05) is 0 Å². The first-order valence-corrected chi connectivity index (χ1v) is 14.8. The summed E-state index contributed by atoms with van der Waals surface area (Å²) in [6.07, 6.45) is 0. The van der Waals surface area contributed by atoms with Crippen LogP contribution in [-0.4, -0.2) is 0 Å². The zero-order chi connectivity index (χ0) is 27.1. The van der Waals surface area contributed by atoms with E-state index in [0.29, 0.717) is 0 Å². The molecule has 11 aromatic carbocycles. The smallest absolute Gasteiger partial charge is 0.00143 e. The Kier molecular flexibility index (Phi) is 3.67. The summed E-state index contributed by atoms with van der Waals surface area (Å²) in [7, 11) is 0. The molecule has 0 saturated heterocycles. The molecule has 0 atom stereocenters. The van der Waals surface area contributed by atoms with Crippen LogP contribution in [0.4, 0.5) is 0 Å². The van der Waals surface area contributed by atoms with E-state index in [9.17, 15) is 0 Å². The first-order valence-electron chi connectivity index (χ1n) is 14.8. The van der Waals surface area contributed by atoms with E-state index in [-0.39, 0.29) is 0 Å². The molecule has 11 rings (SSSR count). The lowest BCUT2D eigenvalue weighted by atomic mass is 9.86. The summed E-state index contributed by atoms with van der Waals surface area (Å²) in [6.45, 7) is 0. The number of fused-ring (bicyclic) bond motifs is 3. The lowest BCUT2D eigenvalue weighted by Gasteiger charge is -2.17. The molecule has 0 aliphatic carbocycles. The first kappa shape index (κ1) is 21.3. The Labute approximate surface area is 240 Å². The molecular weight excluding hydrogens is 504 g/mol. The highest BCUT2D eigenvalue weighted by Gasteiger charge is 2.16. The lowest BCUT2D eigenvalue weighted by molar-refractivity contribution is 1.80. The van der Waals surface area contributed by atoms with Crippen molar-refractivity contribution >= 4 is 108 Å². The van der Waals surface area contributed by atoms with Gasteiger partial charge in [0.05, 0.1) is 0 Å². The van der Waals surface area contributed by atoms with E-state index >= 15 is 0 Å². The van der Waals surface area contributed by atoms with E-state index in [1.54, 1.807) is 0 Å². The Morgan fingerprint density at radius 1 is 0.167 bits per heavy atom. The van der Waals surface area contributed by atoms with E-state index < -0.39 is 0 Å². The van der Waals surface area contributed by atoms with Gasteiger partial charge in [0.25, 0.3) is 0 Å². The maximum Gasteiger partial charge on any atom is -0.00143 e. The molecule has 11 aromatic rings. The van der Waals surface area contributed by atoms with Crippen LogP contribution in [0.2, 0.25) is 0 Å². The minimum Gasteiger partial charge on any atom is -0.0537 e. The summed E-state index contributed by atoms with van der Waals surface area (Å²) in [5.74, 6) is 0. The molecule has 190 valence electrons. The van der Waals surface area contributed by atoms with Gasteiger partial charge in [0.15, 0.2) is 0 Å². The Hall–Kier alpha value is -5.46. The van der Waals surface area contributed by atoms with Crippen LogP contribution in [0.3, 0.4) is 0 Å². The predicted octanol–water partition coefficient (Wildman–Crippen LogP) is 12.1. The van der Waals surface area contributed by atoms with Gasteiger partial charge >= 0.3 is 0 Å². The second-order valence-electron chi connectivity index (χ2n) is 12.1. The van der Waals surface area contributed by atoms with Crippen LogP contribution in [-0.2, 0) is 0 Å². The van der Waals surface area contributed by atoms with Crippen LogP contribution >= 0.6 is 0 Å². The molecule has 0 N–H and O–H groups in total. The maximum atomic E-state index is 2.43. The second kappa shape index (κ2) is 7.24. The SMILES string of the molecule is c1cc2ccc3ccc4ccc5ccc6c7ccc8ccc9ccc%10ccc%11ccc(cc%11c%10c9c86)c1cc2c3c4c57. The number of hydrogen-bond acceptors (Lipinski definition) is 0. The Morgan fingerprint density at radius 2 is 0.405 bits per heavy atom. The standard InChI is InChI=1S/C42H22/c1-5-25-7-11-29-13-9-27-17-20-34-33-19-18-28-10-14-30-12-8-26-6-2-24-4-16-32(22-36(24)40(26)42(30)38(28)34)31-15-3-23(1)35(21-31)39(25)41(29)37(27)33/h1-22H. The van der Waals surface area contributed by atoms with E-state index in [4.69, 9.17) is 0 Å². The fraction of sp³-hybridized carbons (Fsp3) is 0. The predicted molar refractivity (Wildman–Crippen MR) is 184 cm³/mol. The molecule has 0 nitrogen and oxygen atoms in total. The van der Waals surface area contributed by atoms with Gasteiger partial charge in [-0.1, -0.05) is 121 Å². The van der Waals surface area contributed by atoms with Crippen LogP contribution < -0.4 is 0 Å². The molecule has 0 aromatic heterocycles. The van der Waals surface area contributed by atoms with Gasteiger partial charge in [-0.3, -0.25) is 0 Å². The van der Waals surface area contributed by atoms with Gasteiger partial charge in [0, 0.05) is 0 Å². The molecule has 0 unspecified atom stereocenters. The van der Waals surface area contributed by atoms with Crippen molar-refractivity contribution in [2.45, 2.75) is 0 Å². The summed E-state index contributed by atoms with van der Waals surface area (Å²) in [5, 5.41) is 26.2. The average Bonchev–Trinajstić information content (AvgIpc) is 3.05. The van der Waals surface area contributed by atoms with Crippen molar-refractivity contribution in [3.05, 3.63) is 133 Å². The third-order valence-electron chi connectivity index (χ3n) is 10.1. The number of hydrogen-bond donors (Lipinski definition) is 0. The van der Waals surface area contributed by atoms with E-state index in [1.807, 2.05) is 0 Å². The van der Waals surface area contributed by atoms with Crippen molar-refractivity contribution in [3.8, 4) is 0 Å². The van der Waals surface area contributed by atoms with E-state index in [2.05, 4.69) is 133 Å². The summed E-state index contributed by atoms with van der Waals surface area (Å²) >= 11 is 0. The zero-order valence-electron chi connectivity index (χ0n) is 22.7. The normalized spacial score (nSPS) is 12.8. The molecule has 0 radical (unpaired) electrons. The molecule has 42 heavy (non-hydrogen) atoms. The molecular formula is C42H22. The molecule has 8 bridgehead atoms. The average molecular weight is 527 g/mol. The largest absolute Gasteiger partial charge is 0.0537 e. The van der Waals surface area contributed by atoms with Crippen LogP contribution in [0.1, 0.15) is 0 Å². The number of rotatable bonds is 0. The van der Waals surface area contributed by atoms with Gasteiger partial charge in [0.1, 0.15) is 0 Å². The van der Waals surface area contributed by atoms with E-state index in [1.165, 1.54) is 108 Å². The highest BCUT2D eigenvalue weighted by Crippen LogP contribution is 2.44. The Morgan fingerprint density at radius 3 is 0.762 bits per heavy atom. The molecule has 0 spiro atoms. The highest BCUT2D eigenvalue weighted by molar-refractivity contribution is 6.38. The molecule has 0 aliphatic heterocycles. The summed E-state index contributed by atoms with van der Waals surface area (Å²) in [4.78, 5) is 0. The van der Waals surface area contributed by atoms with Gasteiger partial charge in [-0.05, 0) is 120 Å². The zero-order valence-corrected chi connectivity index (χ0v) is 22.7. The third-order valence-corrected chi connectivity index (χ3v) is 10.1. The van der Waals surface area contributed by atoms with Crippen molar-refractivity contribution in [2.24, 2.45) is 0 Å². The highest BCUT2D eigenvalue weighted by atomic mass is 14.2. The number of benzene rings is 10. The topological polar surface area (TPSA) is 0 Å². The van der Waals surface area contributed by atoms with Crippen molar-refractivity contribution in [1.29, 1.82) is 0 Å². The van der Waals surface area contributed by atoms with Crippen LogP contribution in [0.25, 0.3) is 108 Å². The van der Waals surface area contributed by atoms with Crippen LogP contribution in [0.15, 0.2) is 133 Å². The lowest BCUT2D eigenvalue weighted by Crippen LogP contribution is -1.89. The van der Waals surface area contributed by atoms with Crippen molar-refractivity contribution < 1.29 is 0 Å². The molecule has 0 amide bonds. The molecule has 0 heteroatoms. The molecule has 0 heterocycles. The summed E-state index contributed by atoms with van der Waals surface area (Å²) in [5.41, 5.74) is 0. The van der Waals surface area contributed by atoms with Gasteiger partial charge in [-0.15, -0.1) is 0 Å². The first-order chi connectivity index (χ1) is 20.8. The van der Waals surface area contributed by atoms with Gasteiger partial charge < -0.3 is 0 Å². The minimum absolute atomic E-state index is 1.26. The molecule has 0 saturated carbocycles. The summed E-state index contributed by atoms with van der Waals surface area (Å²) < 4.78 is 0. The van der Waals surface area contributed by atoms with Crippen LogP contribution in [0, 0.1) is 0 Å². The Bertz CT molecular complexity index is 2720. The maximum absolute atomic E-state index is 2.43. The molecule has 0 aliphatic rings. The summed E-state index contributed by atoms with van der Waals surface area (Å²) in [6, 6.07) is 51.1. The van der Waals surface area contributed by atoms with E-state index in [0.717, 1.165) is 0 Å². The fourth-order valence-corrected chi connectivity index (χ4v) is 8.13. The Balaban J connectivity index is 1.61. The minimum atomic E-state index is 1.26. The quantitative estimate of drug-likeness (QED) is 0.172. The van der Waals surface area contributed by atoms with Gasteiger partial charge in [0.2, 0.25) is 0 Å². The van der Waals surface area contributed by atoms with Gasteiger partial charge in [-0.25, -0.2) is 0 Å². The second-order valence-corrected chi connectivity index (χ2v) is 12.1. The van der Waals surface area contributed by atoms with Gasteiger partial charge in [-0.2, -0.15) is 0 Å². The third kappa shape index (κ3) is 2.51. The van der Waals surface area contributed by atoms with Crippen LogP contribution in [0.5, 0.6) is 0 Å². The monoisotopic (exact) mass is 526 g/mol. The fourth-order valence-electron chi connectivity index (χ4n) is 8.13.